The summed E-state index contributed by atoms with van der Waals surface area (Å²) in [5, 5.41) is 2.94. The molecule has 9 heteroatoms. The highest BCUT2D eigenvalue weighted by Gasteiger charge is 2.33. The molecule has 0 fully saturated rings. The molecule has 7 nitrogen and oxygen atoms in total. The Morgan fingerprint density at radius 1 is 0.949 bits per heavy atom. The van der Waals surface area contributed by atoms with Crippen LogP contribution in [0.15, 0.2) is 82.2 Å². The minimum atomic E-state index is -4.09. The van der Waals surface area contributed by atoms with Crippen molar-refractivity contribution in [2.24, 2.45) is 0 Å². The Morgan fingerprint density at radius 3 is 2.18 bits per heavy atom. The number of hydrogen-bond acceptors (Lipinski definition) is 4. The second kappa shape index (κ2) is 13.3. The van der Waals surface area contributed by atoms with Crippen molar-refractivity contribution >= 4 is 43.5 Å². The normalized spacial score (nSPS) is 12.9. The molecule has 0 bridgehead atoms. The number of rotatable bonds is 11. The van der Waals surface area contributed by atoms with E-state index in [1.165, 1.54) is 17.0 Å². The largest absolute Gasteiger partial charge is 0.352 e. The van der Waals surface area contributed by atoms with Crippen molar-refractivity contribution < 1.29 is 18.0 Å². The first kappa shape index (κ1) is 30.4. The molecule has 0 aliphatic rings. The van der Waals surface area contributed by atoms with Gasteiger partial charge in [-0.05, 0) is 75.6 Å². The van der Waals surface area contributed by atoms with Gasteiger partial charge in [-0.25, -0.2) is 8.42 Å². The van der Waals surface area contributed by atoms with Crippen LogP contribution in [0.3, 0.4) is 0 Å². The maximum Gasteiger partial charge on any atom is 0.264 e. The van der Waals surface area contributed by atoms with Crippen LogP contribution in [-0.2, 0) is 26.2 Å². The Balaban J connectivity index is 2.04. The number of aryl methyl sites for hydroxylation is 2. The van der Waals surface area contributed by atoms with Gasteiger partial charge in [-0.3, -0.25) is 13.9 Å². The second-order valence-corrected chi connectivity index (χ2v) is 12.5. The van der Waals surface area contributed by atoms with Crippen LogP contribution in [0, 0.1) is 13.8 Å². The topological polar surface area (TPSA) is 86.8 Å². The fourth-order valence-corrected chi connectivity index (χ4v) is 5.92. The Kier molecular flexibility index (Phi) is 10.3. The van der Waals surface area contributed by atoms with Gasteiger partial charge in [0.05, 0.1) is 10.6 Å². The average molecular weight is 615 g/mol. The van der Waals surface area contributed by atoms with E-state index in [2.05, 4.69) is 21.2 Å². The van der Waals surface area contributed by atoms with E-state index >= 15 is 0 Å². The number of hydrogen-bond donors (Lipinski definition) is 1. The highest BCUT2D eigenvalue weighted by Crippen LogP contribution is 2.28. The van der Waals surface area contributed by atoms with Gasteiger partial charge >= 0.3 is 0 Å². The second-order valence-electron chi connectivity index (χ2n) is 9.76. The minimum absolute atomic E-state index is 0.0604. The lowest BCUT2D eigenvalue weighted by molar-refractivity contribution is -0.139. The fourth-order valence-electron chi connectivity index (χ4n) is 4.15. The molecule has 3 rings (SSSR count). The summed E-state index contributed by atoms with van der Waals surface area (Å²) in [5.74, 6) is -0.775. The number of amides is 2. The average Bonchev–Trinajstić information content (AvgIpc) is 2.91. The van der Waals surface area contributed by atoms with Crippen molar-refractivity contribution in [3.63, 3.8) is 0 Å². The molecule has 2 amide bonds. The van der Waals surface area contributed by atoms with Gasteiger partial charge < -0.3 is 10.2 Å². The number of halogens is 1. The van der Waals surface area contributed by atoms with Gasteiger partial charge in [0.15, 0.2) is 0 Å². The van der Waals surface area contributed by atoms with Gasteiger partial charge in [0.1, 0.15) is 12.6 Å². The molecule has 0 saturated heterocycles. The molecule has 0 aliphatic heterocycles. The van der Waals surface area contributed by atoms with Crippen LogP contribution < -0.4 is 9.62 Å². The van der Waals surface area contributed by atoms with Gasteiger partial charge in [0, 0.05) is 17.1 Å². The molecule has 0 unspecified atom stereocenters. The molecular weight excluding hydrogens is 578 g/mol. The number of sulfonamides is 1. The van der Waals surface area contributed by atoms with Crippen LogP contribution in [0.2, 0.25) is 0 Å². The standard InChI is InChI=1S/C30H36BrN3O4S/c1-6-23(4)32-30(36)24(5)33(19-25-13-15-26(31)16-14-25)29(35)20-34(28-17-12-21(2)18-22(28)3)39(37,38)27-10-8-7-9-11-27/h7-18,23-24H,6,19-20H2,1-5H3,(H,32,36)/t23-,24-/m1/s1. The summed E-state index contributed by atoms with van der Waals surface area (Å²) >= 11 is 3.42. The van der Waals surface area contributed by atoms with Gasteiger partial charge in [0.2, 0.25) is 11.8 Å². The lowest BCUT2D eigenvalue weighted by Crippen LogP contribution is -2.52. The van der Waals surface area contributed by atoms with Crippen molar-refractivity contribution in [1.29, 1.82) is 0 Å². The van der Waals surface area contributed by atoms with Crippen molar-refractivity contribution in [2.45, 2.75) is 64.6 Å². The molecule has 0 aliphatic carbocycles. The predicted octanol–water partition coefficient (Wildman–Crippen LogP) is 5.59. The smallest absolute Gasteiger partial charge is 0.264 e. The third-order valence-corrected chi connectivity index (χ3v) is 8.97. The number of carbonyl (C=O) groups excluding carboxylic acids is 2. The number of nitrogens with one attached hydrogen (secondary N) is 1. The van der Waals surface area contributed by atoms with E-state index in [4.69, 9.17) is 0 Å². The van der Waals surface area contributed by atoms with E-state index in [9.17, 15) is 18.0 Å². The molecule has 3 aromatic carbocycles. The van der Waals surface area contributed by atoms with Crippen molar-refractivity contribution in [1.82, 2.24) is 10.2 Å². The summed E-state index contributed by atoms with van der Waals surface area (Å²) in [6.07, 6.45) is 0.745. The lowest BCUT2D eigenvalue weighted by Gasteiger charge is -2.33. The lowest BCUT2D eigenvalue weighted by atomic mass is 10.1. The molecule has 208 valence electrons. The Bertz CT molecular complexity index is 1400. The maximum absolute atomic E-state index is 14.0. The number of carbonyl (C=O) groups is 2. The summed E-state index contributed by atoms with van der Waals surface area (Å²) in [7, 11) is -4.09. The molecule has 0 heterocycles. The first-order valence-corrected chi connectivity index (χ1v) is 15.2. The van der Waals surface area contributed by atoms with Crippen molar-refractivity contribution in [2.75, 3.05) is 10.8 Å². The fraction of sp³-hybridized carbons (Fsp3) is 0.333. The molecule has 2 atom stereocenters. The third-order valence-electron chi connectivity index (χ3n) is 6.67. The van der Waals surface area contributed by atoms with Crippen LogP contribution in [0.4, 0.5) is 5.69 Å². The zero-order chi connectivity index (χ0) is 28.7. The molecule has 0 spiro atoms. The molecule has 0 aromatic heterocycles. The zero-order valence-electron chi connectivity index (χ0n) is 23.0. The summed E-state index contributed by atoms with van der Waals surface area (Å²) in [6, 6.07) is 20.1. The first-order chi connectivity index (χ1) is 18.4. The highest BCUT2D eigenvalue weighted by molar-refractivity contribution is 9.10. The maximum atomic E-state index is 14.0. The predicted molar refractivity (Wildman–Crippen MR) is 159 cm³/mol. The monoisotopic (exact) mass is 613 g/mol. The quantitative estimate of drug-likeness (QED) is 0.305. The Morgan fingerprint density at radius 2 is 1.59 bits per heavy atom. The van der Waals surface area contributed by atoms with E-state index in [0.29, 0.717) is 5.69 Å². The van der Waals surface area contributed by atoms with E-state index in [0.717, 1.165) is 31.9 Å². The zero-order valence-corrected chi connectivity index (χ0v) is 25.4. The summed E-state index contributed by atoms with van der Waals surface area (Å²) < 4.78 is 29.8. The molecule has 3 aromatic rings. The van der Waals surface area contributed by atoms with Crippen molar-refractivity contribution in [3.05, 3.63) is 94.0 Å². The van der Waals surface area contributed by atoms with E-state index in [1.807, 2.05) is 64.1 Å². The van der Waals surface area contributed by atoms with Gasteiger partial charge in [-0.15, -0.1) is 0 Å². The van der Waals surface area contributed by atoms with Crippen LogP contribution in [0.25, 0.3) is 0 Å². The van der Waals surface area contributed by atoms with Crippen LogP contribution in [-0.4, -0.2) is 43.8 Å². The van der Waals surface area contributed by atoms with Crippen LogP contribution in [0.1, 0.15) is 43.9 Å². The van der Waals surface area contributed by atoms with E-state index < -0.39 is 28.5 Å². The summed E-state index contributed by atoms with van der Waals surface area (Å²) in [5.41, 5.74) is 2.94. The van der Waals surface area contributed by atoms with Gasteiger partial charge in [-0.2, -0.15) is 0 Å². The Hall–Kier alpha value is -3.17. The summed E-state index contributed by atoms with van der Waals surface area (Å²) in [4.78, 5) is 28.6. The molecule has 0 saturated carbocycles. The van der Waals surface area contributed by atoms with Crippen molar-refractivity contribution in [3.8, 4) is 0 Å². The van der Waals surface area contributed by atoms with Crippen LogP contribution in [0.5, 0.6) is 0 Å². The van der Waals surface area contributed by atoms with E-state index in [-0.39, 0.29) is 23.4 Å². The highest BCUT2D eigenvalue weighted by atomic mass is 79.9. The minimum Gasteiger partial charge on any atom is -0.352 e. The Labute approximate surface area is 240 Å². The molecule has 0 radical (unpaired) electrons. The SMILES string of the molecule is CC[C@@H](C)NC(=O)[C@@H](C)N(Cc1ccc(Br)cc1)C(=O)CN(c1ccc(C)cc1C)S(=O)(=O)c1ccccc1. The van der Waals surface area contributed by atoms with Crippen LogP contribution >= 0.6 is 15.9 Å². The molecule has 1 N–H and O–H groups in total. The third kappa shape index (κ3) is 7.70. The number of nitrogens with zero attached hydrogens (tertiary/aromatic N) is 2. The summed E-state index contributed by atoms with van der Waals surface area (Å²) in [6.45, 7) is 8.97. The first-order valence-electron chi connectivity index (χ1n) is 12.9. The molecule has 39 heavy (non-hydrogen) atoms. The molecular formula is C30H36BrN3O4S. The van der Waals surface area contributed by atoms with E-state index in [1.54, 1.807) is 31.2 Å². The number of anilines is 1. The van der Waals surface area contributed by atoms with Gasteiger partial charge in [0.25, 0.3) is 10.0 Å². The number of benzene rings is 3. The van der Waals surface area contributed by atoms with Gasteiger partial charge in [-0.1, -0.05) is 70.9 Å².